The van der Waals surface area contributed by atoms with Crippen molar-refractivity contribution in [1.82, 2.24) is 4.98 Å². The molecule has 3 aromatic rings. The van der Waals surface area contributed by atoms with Crippen LogP contribution in [0.25, 0.3) is 11.1 Å². The van der Waals surface area contributed by atoms with Crippen LogP contribution >= 0.6 is 11.8 Å². The number of fused-ring (bicyclic) bond motifs is 1. The van der Waals surface area contributed by atoms with Gasteiger partial charge in [-0.3, -0.25) is 0 Å². The van der Waals surface area contributed by atoms with Crippen molar-refractivity contribution in [1.29, 1.82) is 0 Å². The second kappa shape index (κ2) is 8.45. The van der Waals surface area contributed by atoms with E-state index in [1.807, 2.05) is 30.3 Å². The lowest BCUT2D eigenvalue weighted by Crippen LogP contribution is -2.06. The largest absolute Gasteiger partial charge is 0.493 e. The van der Waals surface area contributed by atoms with Crippen molar-refractivity contribution in [3.63, 3.8) is 0 Å². The number of aliphatic hydroxyl groups excluding tert-OH is 1. The average molecular weight is 425 g/mol. The number of pyridine rings is 1. The normalized spacial score (nSPS) is 15.0. The number of nitrogens with zero attached hydrogens (tertiary/aromatic N) is 1. The number of hydrogen-bond acceptors (Lipinski definition) is 7. The molecule has 0 saturated heterocycles. The van der Waals surface area contributed by atoms with Crippen molar-refractivity contribution in [3.05, 3.63) is 59.3 Å². The molecule has 1 unspecified atom stereocenters. The minimum Gasteiger partial charge on any atom is -0.493 e. The molecular formula is C23H24N2O4S. The number of aromatic nitrogens is 1. The Balaban J connectivity index is 1.85. The molecule has 0 amide bonds. The number of anilines is 1. The van der Waals surface area contributed by atoms with E-state index in [9.17, 15) is 5.11 Å². The Morgan fingerprint density at radius 2 is 1.83 bits per heavy atom. The third kappa shape index (κ3) is 3.44. The van der Waals surface area contributed by atoms with Crippen molar-refractivity contribution in [2.45, 2.75) is 17.4 Å². The van der Waals surface area contributed by atoms with Gasteiger partial charge in [-0.25, -0.2) is 4.98 Å². The number of ether oxygens (including phenoxy) is 3. The lowest BCUT2D eigenvalue weighted by molar-refractivity contribution is 0.281. The van der Waals surface area contributed by atoms with Gasteiger partial charge >= 0.3 is 0 Å². The van der Waals surface area contributed by atoms with Crippen molar-refractivity contribution in [2.75, 3.05) is 32.8 Å². The highest BCUT2D eigenvalue weighted by Gasteiger charge is 2.31. The van der Waals surface area contributed by atoms with Crippen LogP contribution in [-0.4, -0.2) is 37.2 Å². The summed E-state index contributed by atoms with van der Waals surface area (Å²) in [5.74, 6) is 3.24. The van der Waals surface area contributed by atoms with Gasteiger partial charge in [0.15, 0.2) is 11.5 Å². The maximum absolute atomic E-state index is 9.51. The first-order valence-electron chi connectivity index (χ1n) is 9.52. The van der Waals surface area contributed by atoms with Gasteiger partial charge in [-0.1, -0.05) is 24.3 Å². The molecule has 7 heteroatoms. The molecule has 1 aliphatic rings. The van der Waals surface area contributed by atoms with Gasteiger partial charge in [0.25, 0.3) is 0 Å². The van der Waals surface area contributed by atoms with E-state index in [1.54, 1.807) is 39.3 Å². The van der Waals surface area contributed by atoms with Gasteiger partial charge in [-0.15, -0.1) is 11.8 Å². The first-order valence-corrected chi connectivity index (χ1v) is 10.5. The molecule has 4 rings (SSSR count). The standard InChI is InChI=1S/C23H24N2O4S/c1-27-18-8-15(9-19(28-2)21(18)29-3)16-10-25-23(24)20-17(12-30-22(16)20)14-6-4-5-13(7-14)11-26/h4-10,17,26H,11-12H2,1-3H3,(H2,24,25). The fraction of sp³-hybridized carbons (Fsp3) is 0.261. The van der Waals surface area contributed by atoms with Crippen LogP contribution in [0.15, 0.2) is 47.5 Å². The van der Waals surface area contributed by atoms with Gasteiger partial charge in [0.1, 0.15) is 5.82 Å². The van der Waals surface area contributed by atoms with Gasteiger partial charge < -0.3 is 25.1 Å². The van der Waals surface area contributed by atoms with Gasteiger partial charge in [0.05, 0.1) is 27.9 Å². The second-order valence-electron chi connectivity index (χ2n) is 6.98. The van der Waals surface area contributed by atoms with Gasteiger partial charge in [0, 0.05) is 33.9 Å². The molecule has 1 aromatic heterocycles. The van der Waals surface area contributed by atoms with Crippen molar-refractivity contribution < 1.29 is 19.3 Å². The first-order chi connectivity index (χ1) is 14.6. The SMILES string of the molecule is COc1cc(-c2cnc(N)c3c2SCC3c2cccc(CO)c2)cc(OC)c1OC. The summed E-state index contributed by atoms with van der Waals surface area (Å²) in [4.78, 5) is 5.61. The summed E-state index contributed by atoms with van der Waals surface area (Å²) < 4.78 is 16.5. The van der Waals surface area contributed by atoms with Crippen molar-refractivity contribution in [3.8, 4) is 28.4 Å². The number of nitrogens with two attached hydrogens (primary N) is 1. The third-order valence-electron chi connectivity index (χ3n) is 5.35. The molecular weight excluding hydrogens is 400 g/mol. The van der Waals surface area contributed by atoms with Crippen molar-refractivity contribution >= 4 is 17.6 Å². The van der Waals surface area contributed by atoms with Crippen LogP contribution in [0.4, 0.5) is 5.82 Å². The zero-order chi connectivity index (χ0) is 21.3. The van der Waals surface area contributed by atoms with E-state index >= 15 is 0 Å². The lowest BCUT2D eigenvalue weighted by Gasteiger charge is -2.17. The Kier molecular flexibility index (Phi) is 5.74. The monoisotopic (exact) mass is 424 g/mol. The molecule has 0 radical (unpaired) electrons. The molecule has 0 aliphatic carbocycles. The quantitative estimate of drug-likeness (QED) is 0.616. The molecule has 0 spiro atoms. The van der Waals surface area contributed by atoms with E-state index in [0.717, 1.165) is 38.5 Å². The molecule has 6 nitrogen and oxygen atoms in total. The zero-order valence-corrected chi connectivity index (χ0v) is 18.0. The third-order valence-corrected chi connectivity index (χ3v) is 6.58. The molecule has 0 bridgehead atoms. The topological polar surface area (TPSA) is 86.8 Å². The van der Waals surface area contributed by atoms with Crippen molar-refractivity contribution in [2.24, 2.45) is 0 Å². The van der Waals surface area contributed by atoms with Gasteiger partial charge in [0.2, 0.25) is 5.75 Å². The number of thioether (sulfide) groups is 1. The van der Waals surface area contributed by atoms with E-state index in [1.165, 1.54) is 0 Å². The lowest BCUT2D eigenvalue weighted by atomic mass is 9.90. The minimum absolute atomic E-state index is 0.0137. The number of aliphatic hydroxyl groups is 1. The Morgan fingerprint density at radius 3 is 2.47 bits per heavy atom. The zero-order valence-electron chi connectivity index (χ0n) is 17.1. The van der Waals surface area contributed by atoms with Crippen LogP contribution in [0.5, 0.6) is 17.2 Å². The van der Waals surface area contributed by atoms with Crippen LogP contribution in [0.1, 0.15) is 22.6 Å². The summed E-state index contributed by atoms with van der Waals surface area (Å²) in [6, 6.07) is 11.8. The van der Waals surface area contributed by atoms with Gasteiger partial charge in [-0.2, -0.15) is 0 Å². The smallest absolute Gasteiger partial charge is 0.203 e. The van der Waals surface area contributed by atoms with E-state index in [0.29, 0.717) is 23.1 Å². The highest BCUT2D eigenvalue weighted by Crippen LogP contribution is 2.51. The molecule has 3 N–H and O–H groups in total. The Bertz CT molecular complexity index is 1060. The van der Waals surface area contributed by atoms with Crippen LogP contribution in [0.3, 0.4) is 0 Å². The summed E-state index contributed by atoms with van der Waals surface area (Å²) in [7, 11) is 4.79. The number of rotatable bonds is 6. The Morgan fingerprint density at radius 1 is 1.10 bits per heavy atom. The molecule has 1 atom stereocenters. The number of benzene rings is 2. The Labute approximate surface area is 180 Å². The molecule has 0 fully saturated rings. The Hall–Kier alpha value is -2.90. The highest BCUT2D eigenvalue weighted by atomic mass is 32.2. The predicted octanol–water partition coefficient (Wildman–Crippen LogP) is 4.09. The molecule has 156 valence electrons. The second-order valence-corrected chi connectivity index (χ2v) is 8.01. The average Bonchev–Trinajstić information content (AvgIpc) is 3.24. The summed E-state index contributed by atoms with van der Waals surface area (Å²) in [5.41, 5.74) is 11.3. The summed E-state index contributed by atoms with van der Waals surface area (Å²) in [6.45, 7) is 0.0137. The number of methoxy groups -OCH3 is 3. The highest BCUT2D eigenvalue weighted by molar-refractivity contribution is 7.99. The maximum atomic E-state index is 9.51. The molecule has 30 heavy (non-hydrogen) atoms. The van der Waals surface area contributed by atoms with Crippen LogP contribution in [0.2, 0.25) is 0 Å². The van der Waals surface area contributed by atoms with E-state index in [2.05, 4.69) is 11.1 Å². The summed E-state index contributed by atoms with van der Waals surface area (Å²) in [5, 5.41) is 9.51. The fourth-order valence-corrected chi connectivity index (χ4v) is 5.30. The van der Waals surface area contributed by atoms with Crippen LogP contribution in [-0.2, 0) is 6.61 Å². The van der Waals surface area contributed by atoms with Crippen LogP contribution < -0.4 is 19.9 Å². The molecule has 2 aromatic carbocycles. The predicted molar refractivity (Wildman–Crippen MR) is 119 cm³/mol. The number of hydrogen-bond donors (Lipinski definition) is 2. The summed E-state index contributed by atoms with van der Waals surface area (Å²) >= 11 is 1.76. The van der Waals surface area contributed by atoms with E-state index in [4.69, 9.17) is 19.9 Å². The molecule has 1 aliphatic heterocycles. The number of nitrogen functional groups attached to an aromatic ring is 1. The molecule has 2 heterocycles. The summed E-state index contributed by atoms with van der Waals surface area (Å²) in [6.07, 6.45) is 1.80. The first kappa shape index (κ1) is 20.4. The van der Waals surface area contributed by atoms with E-state index < -0.39 is 0 Å². The fourth-order valence-electron chi connectivity index (χ4n) is 3.88. The minimum atomic E-state index is 0.0137. The molecule has 0 saturated carbocycles. The maximum Gasteiger partial charge on any atom is 0.203 e. The van der Waals surface area contributed by atoms with E-state index in [-0.39, 0.29) is 12.5 Å². The van der Waals surface area contributed by atoms with Gasteiger partial charge in [-0.05, 0) is 28.8 Å². The van der Waals surface area contributed by atoms with Crippen LogP contribution in [0, 0.1) is 0 Å².